The molecule has 80 valence electrons. The normalized spacial score (nSPS) is 10.4. The highest BCUT2D eigenvalue weighted by Gasteiger charge is 2.05. The van der Waals surface area contributed by atoms with E-state index in [1.807, 2.05) is 24.3 Å². The first-order chi connectivity index (χ1) is 7.01. The highest BCUT2D eigenvalue weighted by Crippen LogP contribution is 2.11. The lowest BCUT2D eigenvalue weighted by Crippen LogP contribution is -2.14. The predicted octanol–water partition coefficient (Wildman–Crippen LogP) is 2.01. The van der Waals surface area contributed by atoms with Crippen LogP contribution in [0.5, 0.6) is 5.75 Å². The van der Waals surface area contributed by atoms with E-state index in [9.17, 15) is 5.11 Å². The summed E-state index contributed by atoms with van der Waals surface area (Å²) in [5.41, 5.74) is 0.208. The van der Waals surface area contributed by atoms with Gasteiger partial charge in [0.1, 0.15) is 11.4 Å². The highest BCUT2D eigenvalue weighted by molar-refractivity contribution is 5.30. The molecule has 0 amide bonds. The molecule has 0 aliphatic carbocycles. The lowest BCUT2D eigenvalue weighted by Gasteiger charge is -2.06. The Balaban J connectivity index is 2.61. The number of ether oxygens (including phenoxy) is 1. The fourth-order valence-corrected chi connectivity index (χ4v) is 1.11. The van der Waals surface area contributed by atoms with Crippen molar-refractivity contribution in [1.82, 2.24) is 0 Å². The van der Waals surface area contributed by atoms with Crippen LogP contribution in [-0.2, 0) is 6.42 Å². The van der Waals surface area contributed by atoms with Crippen molar-refractivity contribution < 1.29 is 9.84 Å². The highest BCUT2D eigenvalue weighted by atomic mass is 16.5. The van der Waals surface area contributed by atoms with Gasteiger partial charge in [0.05, 0.1) is 7.11 Å². The van der Waals surface area contributed by atoms with E-state index in [-0.39, 0.29) is 0 Å². The molecule has 0 heterocycles. The van der Waals surface area contributed by atoms with E-state index in [1.165, 1.54) is 0 Å². The molecule has 0 saturated carbocycles. The third kappa shape index (κ3) is 4.53. The monoisotopic (exact) mass is 204 g/mol. The molecular formula is C13H16O2. The van der Waals surface area contributed by atoms with Gasteiger partial charge in [0, 0.05) is 6.42 Å². The smallest absolute Gasteiger partial charge is 0.119 e. The van der Waals surface area contributed by atoms with E-state index in [0.29, 0.717) is 6.42 Å². The number of aliphatic hydroxyl groups is 1. The first-order valence-electron chi connectivity index (χ1n) is 4.86. The Hall–Kier alpha value is -1.46. The molecule has 2 heteroatoms. The molecule has 0 aliphatic rings. The number of rotatable bonds is 2. The van der Waals surface area contributed by atoms with Gasteiger partial charge in [-0.25, -0.2) is 0 Å². The molecule has 1 rings (SSSR count). The predicted molar refractivity (Wildman–Crippen MR) is 60.8 cm³/mol. The van der Waals surface area contributed by atoms with Crippen LogP contribution in [0, 0.1) is 11.8 Å². The first-order valence-corrected chi connectivity index (χ1v) is 4.86. The number of hydrogen-bond donors (Lipinski definition) is 1. The van der Waals surface area contributed by atoms with Crippen LogP contribution in [0.2, 0.25) is 0 Å². The lowest BCUT2D eigenvalue weighted by molar-refractivity contribution is 0.143. The van der Waals surface area contributed by atoms with Gasteiger partial charge >= 0.3 is 0 Å². The summed E-state index contributed by atoms with van der Waals surface area (Å²) in [7, 11) is 1.64. The zero-order valence-corrected chi connectivity index (χ0v) is 9.37. The lowest BCUT2D eigenvalue weighted by atomic mass is 10.1. The average molecular weight is 204 g/mol. The van der Waals surface area contributed by atoms with Crippen molar-refractivity contribution >= 4 is 0 Å². The fourth-order valence-electron chi connectivity index (χ4n) is 1.11. The number of benzene rings is 1. The summed E-state index contributed by atoms with van der Waals surface area (Å²) >= 11 is 0. The molecule has 2 nitrogen and oxygen atoms in total. The molecule has 1 aromatic carbocycles. The molecular weight excluding hydrogens is 188 g/mol. The number of methoxy groups -OCH3 is 1. The fraction of sp³-hybridized carbons (Fsp3) is 0.385. The van der Waals surface area contributed by atoms with E-state index < -0.39 is 5.60 Å². The molecule has 0 atom stereocenters. The van der Waals surface area contributed by atoms with Crippen LogP contribution < -0.4 is 4.74 Å². The Labute approximate surface area is 90.9 Å². The summed E-state index contributed by atoms with van der Waals surface area (Å²) in [6, 6.07) is 7.75. The van der Waals surface area contributed by atoms with Crippen molar-refractivity contribution in [1.29, 1.82) is 0 Å². The molecule has 1 N–H and O–H groups in total. The standard InChI is InChI=1S/C13H16O2/c1-13(2,14)10-4-5-11-6-8-12(15-3)9-7-11/h6-9,14H,5H2,1-3H3. The second kappa shape index (κ2) is 4.86. The van der Waals surface area contributed by atoms with E-state index in [0.717, 1.165) is 11.3 Å². The average Bonchev–Trinajstić information content (AvgIpc) is 2.17. The molecule has 0 unspecified atom stereocenters. The van der Waals surface area contributed by atoms with Gasteiger partial charge in [-0.1, -0.05) is 24.0 Å². The van der Waals surface area contributed by atoms with Crippen LogP contribution in [0.1, 0.15) is 19.4 Å². The molecule has 15 heavy (non-hydrogen) atoms. The van der Waals surface area contributed by atoms with Crippen LogP contribution in [0.25, 0.3) is 0 Å². The minimum atomic E-state index is -0.910. The molecule has 0 bridgehead atoms. The Morgan fingerprint density at radius 1 is 1.27 bits per heavy atom. The van der Waals surface area contributed by atoms with Crippen LogP contribution in [-0.4, -0.2) is 17.8 Å². The van der Waals surface area contributed by atoms with Gasteiger partial charge in [-0.2, -0.15) is 0 Å². The molecule has 0 saturated heterocycles. The SMILES string of the molecule is COc1ccc(CC#CC(C)(C)O)cc1. The van der Waals surface area contributed by atoms with Gasteiger partial charge in [-0.15, -0.1) is 0 Å². The van der Waals surface area contributed by atoms with Crippen LogP contribution in [0.4, 0.5) is 0 Å². The Morgan fingerprint density at radius 2 is 1.87 bits per heavy atom. The minimum Gasteiger partial charge on any atom is -0.497 e. The second-order valence-corrected chi connectivity index (χ2v) is 3.89. The third-order valence-corrected chi connectivity index (χ3v) is 1.85. The molecule has 1 aromatic rings. The van der Waals surface area contributed by atoms with Gasteiger partial charge in [0.25, 0.3) is 0 Å². The quantitative estimate of drug-likeness (QED) is 0.747. The summed E-state index contributed by atoms with van der Waals surface area (Å²) < 4.78 is 5.05. The topological polar surface area (TPSA) is 29.5 Å². The Kier molecular flexibility index (Phi) is 3.76. The zero-order chi connectivity index (χ0) is 11.3. The maximum Gasteiger partial charge on any atom is 0.119 e. The van der Waals surface area contributed by atoms with E-state index >= 15 is 0 Å². The van der Waals surface area contributed by atoms with Crippen molar-refractivity contribution in [2.75, 3.05) is 7.11 Å². The summed E-state index contributed by atoms with van der Waals surface area (Å²) in [5, 5.41) is 9.38. The van der Waals surface area contributed by atoms with Crippen LogP contribution in [0.15, 0.2) is 24.3 Å². The molecule has 0 radical (unpaired) electrons. The summed E-state index contributed by atoms with van der Waals surface area (Å²) in [4.78, 5) is 0. The summed E-state index contributed by atoms with van der Waals surface area (Å²) in [6.07, 6.45) is 0.647. The molecule has 0 aromatic heterocycles. The second-order valence-electron chi connectivity index (χ2n) is 3.89. The van der Waals surface area contributed by atoms with E-state index in [4.69, 9.17) is 4.74 Å². The maximum atomic E-state index is 9.38. The van der Waals surface area contributed by atoms with E-state index in [2.05, 4.69) is 11.8 Å². The zero-order valence-electron chi connectivity index (χ0n) is 9.37. The largest absolute Gasteiger partial charge is 0.497 e. The van der Waals surface area contributed by atoms with Crippen molar-refractivity contribution in [3.8, 4) is 17.6 Å². The Morgan fingerprint density at radius 3 is 2.33 bits per heavy atom. The van der Waals surface area contributed by atoms with Gasteiger partial charge in [-0.05, 0) is 31.5 Å². The van der Waals surface area contributed by atoms with Crippen molar-refractivity contribution in [3.63, 3.8) is 0 Å². The first kappa shape index (κ1) is 11.6. The van der Waals surface area contributed by atoms with Crippen molar-refractivity contribution in [3.05, 3.63) is 29.8 Å². The number of hydrogen-bond acceptors (Lipinski definition) is 2. The van der Waals surface area contributed by atoms with Crippen LogP contribution >= 0.6 is 0 Å². The van der Waals surface area contributed by atoms with Gasteiger partial charge < -0.3 is 9.84 Å². The maximum absolute atomic E-state index is 9.38. The minimum absolute atomic E-state index is 0.647. The molecule has 0 spiro atoms. The van der Waals surface area contributed by atoms with Gasteiger partial charge in [0.2, 0.25) is 0 Å². The molecule has 0 aliphatic heterocycles. The van der Waals surface area contributed by atoms with Gasteiger partial charge in [0.15, 0.2) is 0 Å². The summed E-state index contributed by atoms with van der Waals surface area (Å²) in [6.45, 7) is 3.35. The van der Waals surface area contributed by atoms with E-state index in [1.54, 1.807) is 21.0 Å². The van der Waals surface area contributed by atoms with Crippen molar-refractivity contribution in [2.45, 2.75) is 25.9 Å². The summed E-state index contributed by atoms with van der Waals surface area (Å²) in [5.74, 6) is 6.55. The van der Waals surface area contributed by atoms with Crippen molar-refractivity contribution in [2.24, 2.45) is 0 Å². The Bertz CT molecular complexity index is 360. The third-order valence-electron chi connectivity index (χ3n) is 1.85. The molecule has 0 fully saturated rings. The van der Waals surface area contributed by atoms with Crippen LogP contribution in [0.3, 0.4) is 0 Å². The van der Waals surface area contributed by atoms with Gasteiger partial charge in [-0.3, -0.25) is 0 Å².